The maximum Gasteiger partial charge on any atom is 0.264 e. The van der Waals surface area contributed by atoms with Crippen molar-refractivity contribution in [1.82, 2.24) is 9.78 Å². The van der Waals surface area contributed by atoms with Gasteiger partial charge in [0.25, 0.3) is 10.0 Å². The van der Waals surface area contributed by atoms with Gasteiger partial charge in [0.15, 0.2) is 0 Å². The Hall–Kier alpha value is -1.93. The molecule has 0 radical (unpaired) electrons. The molecular formula is C14H16FN3O3S. The molecule has 0 unspecified atom stereocenters. The van der Waals surface area contributed by atoms with E-state index in [2.05, 4.69) is 9.82 Å². The molecule has 0 spiro atoms. The molecule has 2 aromatic rings. The van der Waals surface area contributed by atoms with Crippen LogP contribution in [0.5, 0.6) is 0 Å². The number of halogens is 1. The zero-order chi connectivity index (χ0) is 15.6. The molecule has 1 aromatic carbocycles. The lowest BCUT2D eigenvalue weighted by Crippen LogP contribution is -2.20. The number of rotatable bonds is 4. The van der Waals surface area contributed by atoms with Crippen LogP contribution in [0.1, 0.15) is 18.9 Å². The zero-order valence-corrected chi connectivity index (χ0v) is 12.6. The van der Waals surface area contributed by atoms with E-state index in [1.807, 2.05) is 0 Å². The number of ether oxygens (including phenoxy) is 1. The van der Waals surface area contributed by atoms with Gasteiger partial charge in [0, 0.05) is 19.4 Å². The fourth-order valence-corrected chi connectivity index (χ4v) is 3.52. The molecule has 1 aromatic heterocycles. The third-order valence-electron chi connectivity index (χ3n) is 3.54. The van der Waals surface area contributed by atoms with Crippen molar-refractivity contribution < 1.29 is 17.5 Å². The Labute approximate surface area is 128 Å². The minimum absolute atomic E-state index is 0.195. The Balaban J connectivity index is 1.78. The Morgan fingerprint density at radius 3 is 2.73 bits per heavy atom. The summed E-state index contributed by atoms with van der Waals surface area (Å²) in [6.07, 6.45) is 4.71. The predicted molar refractivity (Wildman–Crippen MR) is 78.5 cm³/mol. The Bertz CT molecular complexity index is 754. The normalized spacial score (nSPS) is 16.6. The van der Waals surface area contributed by atoms with E-state index in [9.17, 15) is 12.8 Å². The smallest absolute Gasteiger partial charge is 0.264 e. The van der Waals surface area contributed by atoms with E-state index in [0.717, 1.165) is 18.9 Å². The van der Waals surface area contributed by atoms with E-state index in [1.165, 1.54) is 24.4 Å². The van der Waals surface area contributed by atoms with Crippen molar-refractivity contribution in [3.63, 3.8) is 0 Å². The summed E-state index contributed by atoms with van der Waals surface area (Å²) in [7, 11) is -3.96. The standard InChI is InChI=1S/C14H16FN3O3S/c15-13-3-1-2-4-14(13)22(19,20)17-11-9-16-18(10-11)12-5-7-21-8-6-12/h1-4,9-10,12,17H,5-8H2. The molecule has 3 rings (SSSR count). The first kappa shape index (κ1) is 15.0. The molecule has 0 amide bonds. The molecule has 8 heteroatoms. The van der Waals surface area contributed by atoms with Crippen molar-refractivity contribution in [2.45, 2.75) is 23.8 Å². The van der Waals surface area contributed by atoms with Gasteiger partial charge < -0.3 is 4.74 Å². The van der Waals surface area contributed by atoms with Crippen LogP contribution in [0, 0.1) is 5.82 Å². The summed E-state index contributed by atoms with van der Waals surface area (Å²) in [5.74, 6) is -0.785. The van der Waals surface area contributed by atoms with E-state index < -0.39 is 15.8 Å². The molecule has 0 bridgehead atoms. The van der Waals surface area contributed by atoms with E-state index >= 15 is 0 Å². The summed E-state index contributed by atoms with van der Waals surface area (Å²) in [6, 6.07) is 5.45. The molecule has 1 aliphatic rings. The van der Waals surface area contributed by atoms with Crippen LogP contribution in [0.2, 0.25) is 0 Å². The topological polar surface area (TPSA) is 73.2 Å². The van der Waals surface area contributed by atoms with Gasteiger partial charge >= 0.3 is 0 Å². The summed E-state index contributed by atoms with van der Waals surface area (Å²) < 4.78 is 47.4. The molecule has 0 saturated carbocycles. The first-order valence-corrected chi connectivity index (χ1v) is 8.44. The van der Waals surface area contributed by atoms with E-state index in [4.69, 9.17) is 4.74 Å². The summed E-state index contributed by atoms with van der Waals surface area (Å²) in [6.45, 7) is 1.33. The van der Waals surface area contributed by atoms with Crippen LogP contribution in [-0.4, -0.2) is 31.4 Å². The van der Waals surface area contributed by atoms with Gasteiger partial charge in [-0.15, -0.1) is 0 Å². The molecule has 6 nitrogen and oxygen atoms in total. The van der Waals surface area contributed by atoms with Crippen molar-refractivity contribution >= 4 is 15.7 Å². The monoisotopic (exact) mass is 325 g/mol. The number of sulfonamides is 1. The lowest BCUT2D eigenvalue weighted by Gasteiger charge is -2.22. The maximum absolute atomic E-state index is 13.6. The highest BCUT2D eigenvalue weighted by Gasteiger charge is 2.21. The first-order valence-electron chi connectivity index (χ1n) is 6.95. The van der Waals surface area contributed by atoms with Crippen molar-refractivity contribution in [3.8, 4) is 0 Å². The number of hydrogen-bond acceptors (Lipinski definition) is 4. The lowest BCUT2D eigenvalue weighted by atomic mass is 10.1. The molecule has 0 atom stereocenters. The second-order valence-electron chi connectivity index (χ2n) is 5.09. The van der Waals surface area contributed by atoms with Gasteiger partial charge in [-0.25, -0.2) is 12.8 Å². The third kappa shape index (κ3) is 3.12. The van der Waals surface area contributed by atoms with E-state index in [0.29, 0.717) is 18.9 Å². The summed E-state index contributed by atoms with van der Waals surface area (Å²) in [5, 5.41) is 4.18. The van der Waals surface area contributed by atoms with Gasteiger partial charge in [0.2, 0.25) is 0 Å². The van der Waals surface area contributed by atoms with Gasteiger partial charge in [-0.2, -0.15) is 5.10 Å². The van der Waals surface area contributed by atoms with Crippen molar-refractivity contribution in [2.75, 3.05) is 17.9 Å². The second-order valence-corrected chi connectivity index (χ2v) is 6.74. The van der Waals surface area contributed by atoms with Crippen LogP contribution in [0.15, 0.2) is 41.6 Å². The predicted octanol–water partition coefficient (Wildman–Crippen LogP) is 2.17. The maximum atomic E-state index is 13.6. The largest absolute Gasteiger partial charge is 0.381 e. The average molecular weight is 325 g/mol. The molecule has 1 fully saturated rings. The van der Waals surface area contributed by atoms with Gasteiger partial charge in [0.1, 0.15) is 10.7 Å². The van der Waals surface area contributed by atoms with Crippen LogP contribution in [-0.2, 0) is 14.8 Å². The van der Waals surface area contributed by atoms with E-state index in [-0.39, 0.29) is 10.9 Å². The molecule has 1 saturated heterocycles. The third-order valence-corrected chi connectivity index (χ3v) is 4.96. The van der Waals surface area contributed by atoms with Gasteiger partial charge in [-0.3, -0.25) is 9.40 Å². The fourth-order valence-electron chi connectivity index (χ4n) is 2.41. The van der Waals surface area contributed by atoms with Gasteiger partial charge in [0.05, 0.1) is 17.9 Å². The molecule has 1 aliphatic heterocycles. The summed E-state index contributed by atoms with van der Waals surface area (Å²) in [4.78, 5) is -0.381. The van der Waals surface area contributed by atoms with Crippen LogP contribution in [0.25, 0.3) is 0 Å². The number of nitrogens with one attached hydrogen (secondary N) is 1. The highest BCUT2D eigenvalue weighted by molar-refractivity contribution is 7.92. The highest BCUT2D eigenvalue weighted by Crippen LogP contribution is 2.23. The van der Waals surface area contributed by atoms with E-state index in [1.54, 1.807) is 10.9 Å². The zero-order valence-electron chi connectivity index (χ0n) is 11.8. The van der Waals surface area contributed by atoms with Crippen LogP contribution < -0.4 is 4.72 Å². The second kappa shape index (κ2) is 6.05. The minimum Gasteiger partial charge on any atom is -0.381 e. The van der Waals surface area contributed by atoms with Gasteiger partial charge in [-0.1, -0.05) is 12.1 Å². The Kier molecular flexibility index (Phi) is 4.12. The Morgan fingerprint density at radius 1 is 1.27 bits per heavy atom. The fraction of sp³-hybridized carbons (Fsp3) is 0.357. The molecule has 0 aliphatic carbocycles. The molecule has 118 valence electrons. The summed E-state index contributed by atoms with van der Waals surface area (Å²) >= 11 is 0. The molecule has 1 N–H and O–H groups in total. The quantitative estimate of drug-likeness (QED) is 0.935. The number of nitrogens with zero attached hydrogens (tertiary/aromatic N) is 2. The SMILES string of the molecule is O=S(=O)(Nc1cnn(C2CCOCC2)c1)c1ccccc1F. The molecule has 22 heavy (non-hydrogen) atoms. The summed E-state index contributed by atoms with van der Waals surface area (Å²) in [5.41, 5.74) is 0.315. The van der Waals surface area contributed by atoms with Crippen molar-refractivity contribution in [2.24, 2.45) is 0 Å². The lowest BCUT2D eigenvalue weighted by molar-refractivity contribution is 0.0662. The number of aromatic nitrogens is 2. The number of anilines is 1. The highest BCUT2D eigenvalue weighted by atomic mass is 32.2. The Morgan fingerprint density at radius 2 is 2.00 bits per heavy atom. The van der Waals surface area contributed by atoms with Crippen LogP contribution >= 0.6 is 0 Å². The minimum atomic E-state index is -3.96. The first-order chi connectivity index (χ1) is 10.6. The van der Waals surface area contributed by atoms with Crippen molar-refractivity contribution in [1.29, 1.82) is 0 Å². The average Bonchev–Trinajstić information content (AvgIpc) is 2.96. The molecule has 2 heterocycles. The van der Waals surface area contributed by atoms with Crippen molar-refractivity contribution in [3.05, 3.63) is 42.5 Å². The number of benzene rings is 1. The van der Waals surface area contributed by atoms with Gasteiger partial charge in [-0.05, 0) is 25.0 Å². The van der Waals surface area contributed by atoms with Crippen LogP contribution in [0.4, 0.5) is 10.1 Å². The molecular weight excluding hydrogens is 309 g/mol. The number of hydrogen-bond donors (Lipinski definition) is 1. The van der Waals surface area contributed by atoms with Crippen LogP contribution in [0.3, 0.4) is 0 Å².